The second-order valence-corrected chi connectivity index (χ2v) is 10.3. The number of alkyl halides is 5. The van der Waals surface area contributed by atoms with Crippen LogP contribution in [0.5, 0.6) is 5.75 Å². The Labute approximate surface area is 204 Å². The van der Waals surface area contributed by atoms with Crippen LogP contribution in [0.15, 0.2) is 60.0 Å². The van der Waals surface area contributed by atoms with Crippen molar-refractivity contribution in [2.24, 2.45) is 0 Å². The Balaban J connectivity index is 1.55. The summed E-state index contributed by atoms with van der Waals surface area (Å²) in [4.78, 5) is -0.0412. The normalized spacial score (nSPS) is 20.3. The number of sulfonamides is 1. The maximum atomic E-state index is 14.4. The average molecular weight is 531 g/mol. The van der Waals surface area contributed by atoms with E-state index < -0.39 is 47.2 Å². The predicted octanol–water partition coefficient (Wildman–Crippen LogP) is 5.11. The summed E-state index contributed by atoms with van der Waals surface area (Å²) >= 11 is 0. The van der Waals surface area contributed by atoms with E-state index >= 15 is 0 Å². The van der Waals surface area contributed by atoms with Crippen molar-refractivity contribution in [3.8, 4) is 16.9 Å². The number of hydrogen-bond acceptors (Lipinski definition) is 5. The van der Waals surface area contributed by atoms with Gasteiger partial charge in [0.2, 0.25) is 10.0 Å². The van der Waals surface area contributed by atoms with Gasteiger partial charge in [-0.15, -0.1) is 23.4 Å². The fourth-order valence-electron chi connectivity index (χ4n) is 4.43. The third-order valence-corrected chi connectivity index (χ3v) is 7.59. The number of halogens is 5. The van der Waals surface area contributed by atoms with Gasteiger partial charge in [0.25, 0.3) is 5.92 Å². The molecule has 1 fully saturated rings. The second kappa shape index (κ2) is 9.77. The first-order chi connectivity index (χ1) is 16.9. The minimum absolute atomic E-state index is 0.0412. The van der Waals surface area contributed by atoms with Crippen LogP contribution in [0.25, 0.3) is 11.1 Å². The topological polar surface area (TPSA) is 86.1 Å². The van der Waals surface area contributed by atoms with E-state index in [0.29, 0.717) is 23.1 Å². The molecule has 4 rings (SSSR count). The number of ether oxygens (including phenoxy) is 1. The summed E-state index contributed by atoms with van der Waals surface area (Å²) in [7, 11) is -4.14. The summed E-state index contributed by atoms with van der Waals surface area (Å²) in [5.74, 6) is -3.45. The number of nitrogens with one attached hydrogen (secondary N) is 1. The number of rotatable bonds is 7. The molecule has 1 aromatic heterocycles. The number of aryl methyl sites for hydroxylation is 1. The smallest absolute Gasteiger partial charge is 0.406 e. The first-order valence-corrected chi connectivity index (χ1v) is 12.6. The van der Waals surface area contributed by atoms with Gasteiger partial charge in [-0.25, -0.2) is 21.9 Å². The molecule has 2 aromatic carbocycles. The summed E-state index contributed by atoms with van der Waals surface area (Å²) in [6.45, 7) is 1.75. The summed E-state index contributed by atoms with van der Waals surface area (Å²) in [6, 6.07) is 8.02. The number of hydrogen-bond donors (Lipinski definition) is 1. The van der Waals surface area contributed by atoms with E-state index in [9.17, 15) is 30.4 Å². The van der Waals surface area contributed by atoms with Crippen LogP contribution < -0.4 is 9.46 Å². The SMILES string of the molecule is CCc1cc(-c2ccc(OC(F)(F)F)cc2)ccc1S(=O)(=O)N[C@@H]1C[C@H](n2cnnc2)CC(F)(F)C1. The van der Waals surface area contributed by atoms with Gasteiger partial charge in [0, 0.05) is 24.9 Å². The van der Waals surface area contributed by atoms with Crippen molar-refractivity contribution in [3.05, 3.63) is 60.7 Å². The molecule has 0 radical (unpaired) electrons. The first-order valence-electron chi connectivity index (χ1n) is 11.1. The standard InChI is InChI=1S/C23H23F5N4O3S/c1-2-15-9-17(16-3-6-20(7-4-16)35-23(26,27)28)5-8-21(15)36(33,34)31-18-10-19(12-22(24,25)11-18)32-13-29-30-14-32/h3-9,13-14,18-19,31H,2,10-12H2,1H3/t18-,19+/m1/s1. The minimum atomic E-state index is -4.81. The van der Waals surface area contributed by atoms with Gasteiger partial charge in [-0.3, -0.25) is 0 Å². The number of benzene rings is 2. The lowest BCUT2D eigenvalue weighted by Gasteiger charge is -2.35. The molecule has 1 saturated carbocycles. The van der Waals surface area contributed by atoms with Gasteiger partial charge in [-0.1, -0.05) is 25.1 Å². The first kappa shape index (κ1) is 26.0. The highest BCUT2D eigenvalue weighted by Gasteiger charge is 2.43. The Hall–Kier alpha value is -3.06. The van der Waals surface area contributed by atoms with E-state index in [4.69, 9.17) is 0 Å². The third-order valence-electron chi connectivity index (χ3n) is 5.97. The molecule has 1 aliphatic rings. The lowest BCUT2D eigenvalue weighted by Crippen LogP contribution is -2.45. The zero-order valence-electron chi connectivity index (χ0n) is 19.0. The van der Waals surface area contributed by atoms with Crippen molar-refractivity contribution in [1.29, 1.82) is 0 Å². The van der Waals surface area contributed by atoms with Gasteiger partial charge in [0.1, 0.15) is 18.4 Å². The Morgan fingerprint density at radius 1 is 1.06 bits per heavy atom. The Kier molecular flexibility index (Phi) is 7.06. The molecule has 0 amide bonds. The minimum Gasteiger partial charge on any atom is -0.406 e. The van der Waals surface area contributed by atoms with E-state index in [1.807, 2.05) is 0 Å². The summed E-state index contributed by atoms with van der Waals surface area (Å²) < 4.78 is 100. The molecule has 7 nitrogen and oxygen atoms in total. The molecular weight excluding hydrogens is 507 g/mol. The van der Waals surface area contributed by atoms with Crippen molar-refractivity contribution >= 4 is 10.0 Å². The predicted molar refractivity (Wildman–Crippen MR) is 120 cm³/mol. The van der Waals surface area contributed by atoms with Gasteiger partial charge in [-0.05, 0) is 53.8 Å². The van der Waals surface area contributed by atoms with E-state index in [1.165, 1.54) is 41.5 Å². The van der Waals surface area contributed by atoms with Crippen LogP contribution in [0.1, 0.15) is 37.8 Å². The van der Waals surface area contributed by atoms with Crippen molar-refractivity contribution in [3.63, 3.8) is 0 Å². The molecule has 0 unspecified atom stereocenters. The van der Waals surface area contributed by atoms with Crippen molar-refractivity contribution < 1.29 is 35.1 Å². The molecule has 0 bridgehead atoms. The quantitative estimate of drug-likeness (QED) is 0.429. The molecule has 1 heterocycles. The van der Waals surface area contributed by atoms with E-state index in [0.717, 1.165) is 12.1 Å². The van der Waals surface area contributed by atoms with Crippen molar-refractivity contribution in [2.45, 2.75) is 61.9 Å². The zero-order chi connectivity index (χ0) is 26.1. The van der Waals surface area contributed by atoms with Gasteiger partial charge in [0.15, 0.2) is 0 Å². The molecule has 2 atom stereocenters. The second-order valence-electron chi connectivity index (χ2n) is 8.63. The molecule has 0 saturated heterocycles. The Morgan fingerprint density at radius 3 is 2.31 bits per heavy atom. The van der Waals surface area contributed by atoms with Gasteiger partial charge < -0.3 is 9.30 Å². The third kappa shape index (κ3) is 6.19. The Bertz CT molecular complexity index is 1300. The molecule has 194 valence electrons. The van der Waals surface area contributed by atoms with Crippen LogP contribution >= 0.6 is 0 Å². The lowest BCUT2D eigenvalue weighted by molar-refractivity contribution is -0.274. The van der Waals surface area contributed by atoms with Gasteiger partial charge >= 0.3 is 6.36 Å². The maximum absolute atomic E-state index is 14.4. The highest BCUT2D eigenvalue weighted by atomic mass is 32.2. The maximum Gasteiger partial charge on any atom is 0.573 e. The molecule has 36 heavy (non-hydrogen) atoms. The van der Waals surface area contributed by atoms with Crippen LogP contribution in [-0.2, 0) is 16.4 Å². The fourth-order valence-corrected chi connectivity index (χ4v) is 5.97. The molecule has 1 aliphatic carbocycles. The highest BCUT2D eigenvalue weighted by molar-refractivity contribution is 7.89. The fraction of sp³-hybridized carbons (Fsp3) is 0.391. The van der Waals surface area contributed by atoms with Crippen LogP contribution in [0.2, 0.25) is 0 Å². The van der Waals surface area contributed by atoms with E-state index in [-0.39, 0.29) is 17.1 Å². The Morgan fingerprint density at radius 2 is 1.69 bits per heavy atom. The molecule has 3 aromatic rings. The lowest BCUT2D eigenvalue weighted by atomic mass is 9.88. The molecule has 1 N–H and O–H groups in total. The molecular formula is C23H23F5N4O3S. The largest absolute Gasteiger partial charge is 0.573 e. The van der Waals surface area contributed by atoms with Crippen molar-refractivity contribution in [2.75, 3.05) is 0 Å². The van der Waals surface area contributed by atoms with Crippen LogP contribution in [0, 0.1) is 0 Å². The summed E-state index contributed by atoms with van der Waals surface area (Å²) in [5.41, 5.74) is 1.58. The molecule has 0 spiro atoms. The van der Waals surface area contributed by atoms with Crippen LogP contribution in [0.3, 0.4) is 0 Å². The van der Waals surface area contributed by atoms with Crippen LogP contribution in [-0.4, -0.2) is 41.5 Å². The van der Waals surface area contributed by atoms with Crippen molar-refractivity contribution in [1.82, 2.24) is 19.5 Å². The van der Waals surface area contributed by atoms with Gasteiger partial charge in [0.05, 0.1) is 4.90 Å². The highest BCUT2D eigenvalue weighted by Crippen LogP contribution is 2.40. The molecule has 13 heteroatoms. The monoisotopic (exact) mass is 530 g/mol. The zero-order valence-corrected chi connectivity index (χ0v) is 19.9. The molecule has 0 aliphatic heterocycles. The average Bonchev–Trinajstić information content (AvgIpc) is 3.32. The van der Waals surface area contributed by atoms with Gasteiger partial charge in [-0.2, -0.15) is 0 Å². The number of nitrogens with zero attached hydrogens (tertiary/aromatic N) is 3. The van der Waals surface area contributed by atoms with E-state index in [1.54, 1.807) is 13.0 Å². The summed E-state index contributed by atoms with van der Waals surface area (Å²) in [6.07, 6.45) is -2.75. The number of aromatic nitrogens is 3. The van der Waals surface area contributed by atoms with Crippen LogP contribution in [0.4, 0.5) is 22.0 Å². The van der Waals surface area contributed by atoms with E-state index in [2.05, 4.69) is 19.7 Å². The summed E-state index contributed by atoms with van der Waals surface area (Å²) in [5, 5.41) is 7.28.